The van der Waals surface area contributed by atoms with Gasteiger partial charge in [-0.2, -0.15) is 0 Å². The molecule has 1 aromatic carbocycles. The van der Waals surface area contributed by atoms with Gasteiger partial charge >= 0.3 is 0 Å². The van der Waals surface area contributed by atoms with Gasteiger partial charge < -0.3 is 4.90 Å². The van der Waals surface area contributed by atoms with Gasteiger partial charge in [-0.05, 0) is 42.6 Å². The van der Waals surface area contributed by atoms with Crippen LogP contribution >= 0.6 is 0 Å². The molecule has 6 heteroatoms. The molecule has 1 saturated heterocycles. The number of fused-ring (bicyclic) bond motifs is 1. The molecule has 0 aromatic heterocycles. The summed E-state index contributed by atoms with van der Waals surface area (Å²) in [4.78, 5) is 15.0. The lowest BCUT2D eigenvalue weighted by atomic mass is 9.89. The fourth-order valence-corrected chi connectivity index (χ4v) is 6.97. The molecular formula is C22H32N2O3S. The van der Waals surface area contributed by atoms with E-state index in [0.29, 0.717) is 42.8 Å². The molecule has 0 unspecified atom stereocenters. The lowest BCUT2D eigenvalue weighted by molar-refractivity contribution is -0.132. The van der Waals surface area contributed by atoms with Gasteiger partial charge in [0.25, 0.3) is 0 Å². The third kappa shape index (κ3) is 4.13. The number of hydrogen-bond donors (Lipinski definition) is 1. The van der Waals surface area contributed by atoms with Crippen molar-refractivity contribution >= 4 is 15.9 Å². The third-order valence-electron chi connectivity index (χ3n) is 7.15. The van der Waals surface area contributed by atoms with Crippen LogP contribution in [0.5, 0.6) is 0 Å². The maximum absolute atomic E-state index is 12.8. The monoisotopic (exact) mass is 404 g/mol. The molecular weight excluding hydrogens is 372 g/mol. The normalized spacial score (nSPS) is 31.3. The van der Waals surface area contributed by atoms with Crippen LogP contribution in [-0.4, -0.2) is 37.9 Å². The van der Waals surface area contributed by atoms with Gasteiger partial charge in [-0.15, -0.1) is 0 Å². The van der Waals surface area contributed by atoms with Crippen molar-refractivity contribution in [1.82, 2.24) is 9.62 Å². The standard InChI is InChI=1S/C22H32N2O3S/c1-16-12-21-19(13-22(25)24(21)18-10-6-3-7-11-18)20(16)14-23-28(26,27)15-17-8-4-2-5-9-17/h2,4-5,8-9,16,18-21,23H,3,6-7,10-15H2,1H3/t16-,19-,20+,21+/m0/s1. The number of rotatable bonds is 6. The number of carbonyl (C=O) groups excluding carboxylic acids is 1. The Morgan fingerprint density at radius 2 is 1.82 bits per heavy atom. The van der Waals surface area contributed by atoms with E-state index in [0.717, 1.165) is 24.8 Å². The summed E-state index contributed by atoms with van der Waals surface area (Å²) in [7, 11) is -3.37. The van der Waals surface area contributed by atoms with E-state index in [2.05, 4.69) is 16.5 Å². The smallest absolute Gasteiger partial charge is 0.223 e. The highest BCUT2D eigenvalue weighted by molar-refractivity contribution is 7.88. The van der Waals surface area contributed by atoms with Gasteiger partial charge in [-0.3, -0.25) is 4.79 Å². The summed E-state index contributed by atoms with van der Waals surface area (Å²) in [5.41, 5.74) is 0.798. The average molecular weight is 405 g/mol. The maximum Gasteiger partial charge on any atom is 0.223 e. The highest BCUT2D eigenvalue weighted by Crippen LogP contribution is 2.47. The Morgan fingerprint density at radius 3 is 2.54 bits per heavy atom. The average Bonchev–Trinajstić information content (AvgIpc) is 3.14. The quantitative estimate of drug-likeness (QED) is 0.791. The summed E-state index contributed by atoms with van der Waals surface area (Å²) in [5, 5.41) is 0. The van der Waals surface area contributed by atoms with Crippen LogP contribution in [0.3, 0.4) is 0 Å². The first-order chi connectivity index (χ1) is 13.4. The van der Waals surface area contributed by atoms with Crippen molar-refractivity contribution in [3.05, 3.63) is 35.9 Å². The van der Waals surface area contributed by atoms with Gasteiger partial charge in [0, 0.05) is 25.0 Å². The summed E-state index contributed by atoms with van der Waals surface area (Å²) in [6.07, 6.45) is 7.62. The lowest BCUT2D eigenvalue weighted by Gasteiger charge is -2.35. The minimum Gasteiger partial charge on any atom is -0.336 e. The number of carbonyl (C=O) groups is 1. The summed E-state index contributed by atoms with van der Waals surface area (Å²) in [6.45, 7) is 2.67. The van der Waals surface area contributed by atoms with Crippen molar-refractivity contribution in [2.24, 2.45) is 17.8 Å². The van der Waals surface area contributed by atoms with E-state index < -0.39 is 10.0 Å². The van der Waals surface area contributed by atoms with E-state index in [4.69, 9.17) is 0 Å². The van der Waals surface area contributed by atoms with Crippen LogP contribution in [0.2, 0.25) is 0 Å². The topological polar surface area (TPSA) is 66.5 Å². The Morgan fingerprint density at radius 1 is 1.11 bits per heavy atom. The zero-order valence-electron chi connectivity index (χ0n) is 16.7. The van der Waals surface area contributed by atoms with E-state index in [-0.39, 0.29) is 11.7 Å². The molecule has 1 amide bonds. The number of nitrogens with zero attached hydrogens (tertiary/aromatic N) is 1. The SMILES string of the molecule is C[C@H]1C[C@@H]2[C@@H](CC(=O)N2C2CCCCC2)[C@@H]1CNS(=O)(=O)Cc1ccccc1. The number of hydrogen-bond acceptors (Lipinski definition) is 3. The molecule has 2 aliphatic carbocycles. The zero-order valence-corrected chi connectivity index (χ0v) is 17.5. The molecule has 1 heterocycles. The predicted molar refractivity (Wildman–Crippen MR) is 110 cm³/mol. The summed E-state index contributed by atoms with van der Waals surface area (Å²) in [6, 6.07) is 10.0. The van der Waals surface area contributed by atoms with Crippen molar-refractivity contribution in [2.45, 2.75) is 69.7 Å². The second kappa shape index (κ2) is 8.15. The largest absolute Gasteiger partial charge is 0.336 e. The molecule has 28 heavy (non-hydrogen) atoms. The molecule has 0 spiro atoms. The minimum atomic E-state index is -3.37. The van der Waals surface area contributed by atoms with Crippen LogP contribution in [0.25, 0.3) is 0 Å². The van der Waals surface area contributed by atoms with Gasteiger partial charge in [0.2, 0.25) is 15.9 Å². The number of amides is 1. The van der Waals surface area contributed by atoms with Crippen molar-refractivity contribution in [2.75, 3.05) is 6.54 Å². The van der Waals surface area contributed by atoms with Crippen molar-refractivity contribution in [1.29, 1.82) is 0 Å². The third-order valence-corrected chi connectivity index (χ3v) is 8.47. The van der Waals surface area contributed by atoms with Gasteiger partial charge in [0.1, 0.15) is 0 Å². The summed E-state index contributed by atoms with van der Waals surface area (Å²) >= 11 is 0. The van der Waals surface area contributed by atoms with Gasteiger partial charge in [0.05, 0.1) is 5.75 Å². The second-order valence-electron chi connectivity index (χ2n) is 9.00. The second-order valence-corrected chi connectivity index (χ2v) is 10.8. The minimum absolute atomic E-state index is 0.0101. The molecule has 0 radical (unpaired) electrons. The maximum atomic E-state index is 12.8. The first-order valence-electron chi connectivity index (χ1n) is 10.8. The fraction of sp³-hybridized carbons (Fsp3) is 0.682. The van der Waals surface area contributed by atoms with Gasteiger partial charge in [-0.25, -0.2) is 13.1 Å². The molecule has 2 saturated carbocycles. The van der Waals surface area contributed by atoms with E-state index in [1.807, 2.05) is 30.3 Å². The molecule has 3 fully saturated rings. The Kier molecular flexibility index (Phi) is 5.79. The van der Waals surface area contributed by atoms with Crippen molar-refractivity contribution in [3.8, 4) is 0 Å². The molecule has 5 nitrogen and oxygen atoms in total. The van der Waals surface area contributed by atoms with E-state index in [1.165, 1.54) is 19.3 Å². The molecule has 1 aromatic rings. The summed E-state index contributed by atoms with van der Waals surface area (Å²) in [5.74, 6) is 1.28. The van der Waals surface area contributed by atoms with Gasteiger partial charge in [0.15, 0.2) is 0 Å². The Balaban J connectivity index is 1.40. The number of sulfonamides is 1. The molecule has 154 valence electrons. The highest BCUT2D eigenvalue weighted by Gasteiger charge is 2.52. The Labute approximate surface area is 168 Å². The number of likely N-dealkylation sites (tertiary alicyclic amines) is 1. The van der Waals surface area contributed by atoms with Crippen molar-refractivity contribution in [3.63, 3.8) is 0 Å². The molecule has 1 N–H and O–H groups in total. The summed E-state index contributed by atoms with van der Waals surface area (Å²) < 4.78 is 27.9. The molecule has 4 rings (SSSR count). The van der Waals surface area contributed by atoms with Crippen molar-refractivity contribution < 1.29 is 13.2 Å². The van der Waals surface area contributed by atoms with E-state index >= 15 is 0 Å². The fourth-order valence-electron chi connectivity index (χ4n) is 5.79. The molecule has 4 atom stereocenters. The Bertz CT molecular complexity index is 789. The van der Waals surface area contributed by atoms with Crippen LogP contribution < -0.4 is 4.72 Å². The molecule has 3 aliphatic rings. The van der Waals surface area contributed by atoms with Crippen LogP contribution in [0.1, 0.15) is 57.4 Å². The molecule has 1 aliphatic heterocycles. The predicted octanol–water partition coefficient (Wildman–Crippen LogP) is 3.31. The first kappa shape index (κ1) is 19.9. The van der Waals surface area contributed by atoms with Crippen LogP contribution in [-0.2, 0) is 20.6 Å². The first-order valence-corrected chi connectivity index (χ1v) is 12.4. The number of benzene rings is 1. The highest BCUT2D eigenvalue weighted by atomic mass is 32.2. The van der Waals surface area contributed by atoms with Crippen LogP contribution in [0, 0.1) is 17.8 Å². The van der Waals surface area contributed by atoms with E-state index in [9.17, 15) is 13.2 Å². The molecule has 0 bridgehead atoms. The number of nitrogens with one attached hydrogen (secondary N) is 1. The van der Waals surface area contributed by atoms with Crippen LogP contribution in [0.4, 0.5) is 0 Å². The van der Waals surface area contributed by atoms with Gasteiger partial charge in [-0.1, -0.05) is 56.5 Å². The van der Waals surface area contributed by atoms with E-state index in [1.54, 1.807) is 0 Å². The van der Waals surface area contributed by atoms with Crippen LogP contribution in [0.15, 0.2) is 30.3 Å². The Hall–Kier alpha value is -1.40. The zero-order chi connectivity index (χ0) is 19.7. The lowest BCUT2D eigenvalue weighted by Crippen LogP contribution is -2.43.